The van der Waals surface area contributed by atoms with Crippen molar-refractivity contribution >= 4 is 39.5 Å². The number of unbranched alkanes of at least 4 members (excludes halogenated alkanes) is 39. The van der Waals surface area contributed by atoms with Crippen molar-refractivity contribution in [2.75, 3.05) is 39.6 Å². The lowest BCUT2D eigenvalue weighted by molar-refractivity contribution is -0.161. The molecule has 564 valence electrons. The molecule has 19 heteroatoms. The van der Waals surface area contributed by atoms with E-state index in [2.05, 4.69) is 55.4 Å². The van der Waals surface area contributed by atoms with Crippen LogP contribution in [-0.2, 0) is 65.4 Å². The standard InChI is InChI=1S/C76H148O17P2/c1-66(2)52-44-36-28-20-14-9-11-17-23-32-40-48-56-73(78)86-62-71(92-75(80)58-50-42-34-24-18-12-10-15-21-29-37-45-53-67(3)4)64-90-94(82,83)88-60-70(77)61-89-95(84,85)91-65-72(63-87-74(79)57-49-41-33-27-26-31-39-47-55-69(7)8)93-76(81)59-51-43-35-25-19-13-16-22-30-38-46-54-68(5)6/h66-72,77H,9-65H2,1-8H3,(H,82,83)(H,84,85)/t70-,71-,72-/m1/s1. The molecule has 2 unspecified atom stereocenters. The highest BCUT2D eigenvalue weighted by Gasteiger charge is 2.30. The first-order valence-corrected chi connectivity index (χ1v) is 42.2. The van der Waals surface area contributed by atoms with Crippen molar-refractivity contribution in [3.8, 4) is 0 Å². The van der Waals surface area contributed by atoms with Crippen LogP contribution in [0, 0.1) is 23.7 Å². The van der Waals surface area contributed by atoms with Crippen molar-refractivity contribution in [2.45, 2.75) is 401 Å². The van der Waals surface area contributed by atoms with E-state index < -0.39 is 97.5 Å². The van der Waals surface area contributed by atoms with Gasteiger partial charge in [0, 0.05) is 25.7 Å². The molecule has 0 aromatic carbocycles. The fraction of sp³-hybridized carbons (Fsp3) is 0.947. The van der Waals surface area contributed by atoms with Crippen LogP contribution in [0.2, 0.25) is 0 Å². The molecule has 0 aliphatic carbocycles. The van der Waals surface area contributed by atoms with E-state index in [0.717, 1.165) is 114 Å². The molecule has 17 nitrogen and oxygen atoms in total. The number of hydrogen-bond acceptors (Lipinski definition) is 15. The Labute approximate surface area is 581 Å². The molecule has 95 heavy (non-hydrogen) atoms. The third-order valence-electron chi connectivity index (χ3n) is 17.6. The van der Waals surface area contributed by atoms with E-state index in [1.54, 1.807) is 0 Å². The summed E-state index contributed by atoms with van der Waals surface area (Å²) in [5, 5.41) is 10.6. The van der Waals surface area contributed by atoms with Crippen LogP contribution in [0.25, 0.3) is 0 Å². The molecule has 3 N–H and O–H groups in total. The monoisotopic (exact) mass is 1400 g/mol. The van der Waals surface area contributed by atoms with Crippen LogP contribution in [0.3, 0.4) is 0 Å². The zero-order chi connectivity index (χ0) is 70.3. The van der Waals surface area contributed by atoms with Crippen LogP contribution in [0.15, 0.2) is 0 Å². The van der Waals surface area contributed by atoms with E-state index in [1.807, 2.05) is 0 Å². The van der Waals surface area contributed by atoms with Gasteiger partial charge in [0.05, 0.1) is 26.4 Å². The number of phosphoric ester groups is 2. The molecule has 0 aliphatic rings. The molecule has 0 bridgehead atoms. The van der Waals surface area contributed by atoms with Gasteiger partial charge in [-0.25, -0.2) is 9.13 Å². The highest BCUT2D eigenvalue weighted by molar-refractivity contribution is 7.47. The van der Waals surface area contributed by atoms with Gasteiger partial charge in [-0.15, -0.1) is 0 Å². The summed E-state index contributed by atoms with van der Waals surface area (Å²) in [6, 6.07) is 0. The molecule has 0 spiro atoms. The van der Waals surface area contributed by atoms with E-state index in [0.29, 0.717) is 25.7 Å². The lowest BCUT2D eigenvalue weighted by Gasteiger charge is -2.21. The minimum atomic E-state index is -4.96. The average molecular weight is 1400 g/mol. The number of esters is 4. The third-order valence-corrected chi connectivity index (χ3v) is 19.5. The number of rotatable bonds is 73. The second kappa shape index (κ2) is 65.4. The predicted octanol–water partition coefficient (Wildman–Crippen LogP) is 22.0. The van der Waals surface area contributed by atoms with Gasteiger partial charge in [-0.2, -0.15) is 0 Å². The van der Waals surface area contributed by atoms with Gasteiger partial charge in [0.15, 0.2) is 12.2 Å². The van der Waals surface area contributed by atoms with Gasteiger partial charge in [0.2, 0.25) is 0 Å². The summed E-state index contributed by atoms with van der Waals surface area (Å²) in [4.78, 5) is 72.8. The van der Waals surface area contributed by atoms with Gasteiger partial charge in [-0.3, -0.25) is 37.3 Å². The zero-order valence-electron chi connectivity index (χ0n) is 62.3. The zero-order valence-corrected chi connectivity index (χ0v) is 64.1. The summed E-state index contributed by atoms with van der Waals surface area (Å²) in [5.41, 5.74) is 0. The summed E-state index contributed by atoms with van der Waals surface area (Å²) in [6.45, 7) is 14.2. The van der Waals surface area contributed by atoms with Crippen molar-refractivity contribution in [1.82, 2.24) is 0 Å². The SMILES string of the molecule is CC(C)CCCCCCCCCCCCCCC(=O)OC[C@H](COP(=O)(O)OC[C@@H](O)COP(=O)(O)OC[C@@H](COC(=O)CCCCCCCCCCC(C)C)OC(=O)CCCCCCCCCCCCCC(C)C)OC(=O)CCCCCCCCCCCCCCC(C)C. The Morgan fingerprint density at radius 1 is 0.263 bits per heavy atom. The molecule has 0 aliphatic heterocycles. The lowest BCUT2D eigenvalue weighted by atomic mass is 10.0. The Balaban J connectivity index is 5.27. The summed E-state index contributed by atoms with van der Waals surface area (Å²) in [7, 11) is -9.91. The van der Waals surface area contributed by atoms with Crippen LogP contribution < -0.4 is 0 Å². The maximum absolute atomic E-state index is 13.1. The maximum Gasteiger partial charge on any atom is 0.472 e. The quantitative estimate of drug-likeness (QED) is 0.0222. The Hall–Kier alpha value is -1.94. The van der Waals surface area contributed by atoms with Crippen molar-refractivity contribution in [2.24, 2.45) is 23.7 Å². The molecular formula is C76H148O17P2. The fourth-order valence-electron chi connectivity index (χ4n) is 11.6. The Kier molecular flexibility index (Phi) is 64.0. The first-order valence-electron chi connectivity index (χ1n) is 39.2. The molecule has 0 heterocycles. The maximum atomic E-state index is 13.1. The lowest BCUT2D eigenvalue weighted by Crippen LogP contribution is -2.30. The Bertz CT molecular complexity index is 1870. The van der Waals surface area contributed by atoms with Gasteiger partial charge in [-0.05, 0) is 49.4 Å². The van der Waals surface area contributed by atoms with Gasteiger partial charge in [0.25, 0.3) is 0 Å². The Morgan fingerprint density at radius 2 is 0.442 bits per heavy atom. The number of phosphoric acid groups is 2. The number of carbonyl (C=O) groups is 4. The van der Waals surface area contributed by atoms with E-state index >= 15 is 0 Å². The molecule has 0 aromatic heterocycles. The molecule has 0 fully saturated rings. The average Bonchev–Trinajstić information content (AvgIpc) is 1.36. The molecule has 0 aromatic rings. The van der Waals surface area contributed by atoms with Gasteiger partial charge in [0.1, 0.15) is 19.3 Å². The van der Waals surface area contributed by atoms with Crippen molar-refractivity contribution in [3.05, 3.63) is 0 Å². The van der Waals surface area contributed by atoms with Crippen LogP contribution in [0.4, 0.5) is 0 Å². The first kappa shape index (κ1) is 93.1. The van der Waals surface area contributed by atoms with Crippen LogP contribution >= 0.6 is 15.6 Å². The van der Waals surface area contributed by atoms with Gasteiger partial charge < -0.3 is 33.8 Å². The Morgan fingerprint density at radius 3 is 0.653 bits per heavy atom. The van der Waals surface area contributed by atoms with E-state index in [9.17, 15) is 43.2 Å². The van der Waals surface area contributed by atoms with Gasteiger partial charge >= 0.3 is 39.5 Å². The topological polar surface area (TPSA) is 237 Å². The molecule has 0 radical (unpaired) electrons. The van der Waals surface area contributed by atoms with Crippen LogP contribution in [-0.4, -0.2) is 96.7 Å². The minimum absolute atomic E-state index is 0.105. The first-order chi connectivity index (χ1) is 45.6. The number of ether oxygens (including phenoxy) is 4. The highest BCUT2D eigenvalue weighted by Crippen LogP contribution is 2.45. The van der Waals surface area contributed by atoms with Crippen molar-refractivity contribution < 1.29 is 80.2 Å². The second-order valence-corrected chi connectivity index (χ2v) is 32.2. The third kappa shape index (κ3) is 70.3. The van der Waals surface area contributed by atoms with Gasteiger partial charge in [-0.1, -0.05) is 331 Å². The molecule has 0 rings (SSSR count). The summed E-state index contributed by atoms with van der Waals surface area (Å²) in [5.74, 6) is 0.930. The normalized spacial score (nSPS) is 14.1. The molecule has 0 saturated carbocycles. The van der Waals surface area contributed by atoms with E-state index in [4.69, 9.17) is 37.0 Å². The molecule has 0 amide bonds. The molecular weight excluding hydrogens is 1250 g/mol. The van der Waals surface area contributed by atoms with E-state index in [-0.39, 0.29) is 25.7 Å². The number of aliphatic hydroxyl groups excluding tert-OH is 1. The summed E-state index contributed by atoms with van der Waals surface area (Å²) < 4.78 is 68.6. The summed E-state index contributed by atoms with van der Waals surface area (Å²) >= 11 is 0. The second-order valence-electron chi connectivity index (χ2n) is 29.3. The molecule has 5 atom stereocenters. The number of aliphatic hydroxyl groups is 1. The van der Waals surface area contributed by atoms with E-state index in [1.165, 1.54) is 186 Å². The predicted molar refractivity (Wildman–Crippen MR) is 386 cm³/mol. The van der Waals surface area contributed by atoms with Crippen molar-refractivity contribution in [3.63, 3.8) is 0 Å². The minimum Gasteiger partial charge on any atom is -0.462 e. The number of hydrogen-bond donors (Lipinski definition) is 3. The molecule has 0 saturated heterocycles. The fourth-order valence-corrected chi connectivity index (χ4v) is 13.1. The number of carbonyl (C=O) groups excluding carboxylic acids is 4. The largest absolute Gasteiger partial charge is 0.472 e. The van der Waals surface area contributed by atoms with Crippen LogP contribution in [0.5, 0.6) is 0 Å². The smallest absolute Gasteiger partial charge is 0.462 e. The van der Waals surface area contributed by atoms with Crippen molar-refractivity contribution in [1.29, 1.82) is 0 Å². The highest BCUT2D eigenvalue weighted by atomic mass is 31.2. The van der Waals surface area contributed by atoms with Crippen LogP contribution in [0.1, 0.15) is 383 Å². The summed E-state index contributed by atoms with van der Waals surface area (Å²) in [6.07, 6.45) is 49.9.